The van der Waals surface area contributed by atoms with Gasteiger partial charge in [0.2, 0.25) is 11.8 Å². The number of amides is 2. The highest BCUT2D eigenvalue weighted by atomic mass is 16.2. The number of nitrogens with zero attached hydrogens (tertiary/aromatic N) is 2. The maximum Gasteiger partial charge on any atom is 0.246 e. The van der Waals surface area contributed by atoms with E-state index in [-0.39, 0.29) is 17.7 Å². The summed E-state index contributed by atoms with van der Waals surface area (Å²) in [7, 11) is 0. The Balaban J connectivity index is 1.25. The highest BCUT2D eigenvalue weighted by molar-refractivity contribution is 5.92. The SMILES string of the molecule is O=C(NCc1nc2ccccc2[nH]1)C1CCN(C(=O)C=Cc2ccccc2)CC1. The number of nitrogens with one attached hydrogen (secondary N) is 2. The van der Waals surface area contributed by atoms with Gasteiger partial charge in [-0.1, -0.05) is 42.5 Å². The smallest absolute Gasteiger partial charge is 0.246 e. The second kappa shape index (κ2) is 8.73. The van der Waals surface area contributed by atoms with Crippen LogP contribution in [0.2, 0.25) is 0 Å². The molecule has 0 spiro atoms. The van der Waals surface area contributed by atoms with E-state index in [9.17, 15) is 9.59 Å². The second-order valence-electron chi connectivity index (χ2n) is 7.26. The van der Waals surface area contributed by atoms with Gasteiger partial charge in [0.25, 0.3) is 0 Å². The Morgan fingerprint density at radius 3 is 2.55 bits per heavy atom. The van der Waals surface area contributed by atoms with Gasteiger partial charge in [-0.15, -0.1) is 0 Å². The lowest BCUT2D eigenvalue weighted by Crippen LogP contribution is -2.42. The first-order chi connectivity index (χ1) is 14.2. The van der Waals surface area contributed by atoms with E-state index in [4.69, 9.17) is 0 Å². The van der Waals surface area contributed by atoms with Crippen molar-refractivity contribution < 1.29 is 9.59 Å². The maximum atomic E-state index is 12.5. The molecule has 0 radical (unpaired) electrons. The first-order valence-electron chi connectivity index (χ1n) is 9.92. The van der Waals surface area contributed by atoms with Gasteiger partial charge in [0.1, 0.15) is 5.82 Å². The molecule has 3 aromatic rings. The van der Waals surface area contributed by atoms with Crippen LogP contribution in [0.4, 0.5) is 0 Å². The fourth-order valence-electron chi connectivity index (χ4n) is 3.60. The summed E-state index contributed by atoms with van der Waals surface area (Å²) in [5.41, 5.74) is 2.86. The molecule has 6 heteroatoms. The summed E-state index contributed by atoms with van der Waals surface area (Å²) in [6.45, 7) is 1.58. The molecule has 1 aromatic heterocycles. The van der Waals surface area contributed by atoms with Crippen LogP contribution >= 0.6 is 0 Å². The first-order valence-corrected chi connectivity index (χ1v) is 9.92. The van der Waals surface area contributed by atoms with Gasteiger partial charge >= 0.3 is 0 Å². The molecule has 0 saturated carbocycles. The molecule has 0 aliphatic carbocycles. The predicted molar refractivity (Wildman–Crippen MR) is 113 cm³/mol. The monoisotopic (exact) mass is 388 g/mol. The second-order valence-corrected chi connectivity index (χ2v) is 7.26. The van der Waals surface area contributed by atoms with Gasteiger partial charge in [-0.2, -0.15) is 0 Å². The molecule has 148 valence electrons. The van der Waals surface area contributed by atoms with Crippen molar-refractivity contribution in [2.24, 2.45) is 5.92 Å². The highest BCUT2D eigenvalue weighted by Gasteiger charge is 2.26. The van der Waals surface area contributed by atoms with E-state index in [0.717, 1.165) is 22.4 Å². The molecule has 29 heavy (non-hydrogen) atoms. The summed E-state index contributed by atoms with van der Waals surface area (Å²) < 4.78 is 0. The van der Waals surface area contributed by atoms with Crippen LogP contribution in [-0.2, 0) is 16.1 Å². The lowest BCUT2D eigenvalue weighted by Gasteiger charge is -2.30. The summed E-state index contributed by atoms with van der Waals surface area (Å²) in [6, 6.07) is 17.6. The number of aromatic nitrogens is 2. The molecule has 2 aromatic carbocycles. The van der Waals surface area contributed by atoms with E-state index in [1.54, 1.807) is 6.08 Å². The van der Waals surface area contributed by atoms with Crippen LogP contribution in [0.25, 0.3) is 17.1 Å². The summed E-state index contributed by atoms with van der Waals surface area (Å²) >= 11 is 0. The molecule has 1 aliphatic rings. The number of carbonyl (C=O) groups excluding carboxylic acids is 2. The van der Waals surface area contributed by atoms with Gasteiger partial charge in [0.15, 0.2) is 0 Å². The summed E-state index contributed by atoms with van der Waals surface area (Å²) in [6.07, 6.45) is 4.79. The number of hydrogen-bond donors (Lipinski definition) is 2. The lowest BCUT2D eigenvalue weighted by atomic mass is 9.96. The first kappa shape index (κ1) is 18.9. The van der Waals surface area contributed by atoms with Gasteiger partial charge in [0, 0.05) is 25.1 Å². The molecule has 0 unspecified atom stereocenters. The summed E-state index contributed by atoms with van der Waals surface area (Å²) in [5.74, 6) is 0.701. The van der Waals surface area contributed by atoms with E-state index in [1.807, 2.05) is 65.6 Å². The summed E-state index contributed by atoms with van der Waals surface area (Å²) in [5, 5.41) is 2.97. The van der Waals surface area contributed by atoms with E-state index in [2.05, 4.69) is 15.3 Å². The van der Waals surface area contributed by atoms with Gasteiger partial charge in [-0.3, -0.25) is 9.59 Å². The van der Waals surface area contributed by atoms with Crippen molar-refractivity contribution in [2.45, 2.75) is 19.4 Å². The molecule has 2 heterocycles. The highest BCUT2D eigenvalue weighted by Crippen LogP contribution is 2.18. The minimum atomic E-state index is -0.0680. The normalized spacial score (nSPS) is 15.1. The Bertz CT molecular complexity index is 985. The number of piperidine rings is 1. The molecule has 0 bridgehead atoms. The standard InChI is InChI=1S/C23H24N4O2/c28-22(11-10-17-6-2-1-3-7-17)27-14-12-18(13-15-27)23(29)24-16-21-25-19-8-4-5-9-20(19)26-21/h1-11,18H,12-16H2,(H,24,29)(H,25,26). The van der Waals surface area contributed by atoms with Crippen molar-refractivity contribution in [3.8, 4) is 0 Å². The van der Waals surface area contributed by atoms with Gasteiger partial charge in [-0.25, -0.2) is 4.98 Å². The van der Waals surface area contributed by atoms with Crippen molar-refractivity contribution >= 4 is 28.9 Å². The zero-order chi connectivity index (χ0) is 20.1. The Kier molecular flexibility index (Phi) is 5.70. The van der Waals surface area contributed by atoms with Crippen LogP contribution in [0.5, 0.6) is 0 Å². The maximum absolute atomic E-state index is 12.5. The Morgan fingerprint density at radius 2 is 1.79 bits per heavy atom. The van der Waals surface area contributed by atoms with E-state index >= 15 is 0 Å². The number of aromatic amines is 1. The number of rotatable bonds is 5. The topological polar surface area (TPSA) is 78.1 Å². The molecule has 1 fully saturated rings. The van der Waals surface area contributed by atoms with E-state index < -0.39 is 0 Å². The zero-order valence-corrected chi connectivity index (χ0v) is 16.2. The quantitative estimate of drug-likeness (QED) is 0.659. The number of imidazole rings is 1. The Morgan fingerprint density at radius 1 is 1.07 bits per heavy atom. The minimum Gasteiger partial charge on any atom is -0.349 e. The zero-order valence-electron chi connectivity index (χ0n) is 16.2. The number of para-hydroxylation sites is 2. The van der Waals surface area contributed by atoms with Crippen LogP contribution in [-0.4, -0.2) is 39.8 Å². The van der Waals surface area contributed by atoms with Crippen molar-refractivity contribution in [1.29, 1.82) is 0 Å². The number of likely N-dealkylation sites (tertiary alicyclic amines) is 1. The number of H-pyrrole nitrogens is 1. The number of benzene rings is 2. The van der Waals surface area contributed by atoms with Crippen molar-refractivity contribution in [1.82, 2.24) is 20.2 Å². The molecule has 1 aliphatic heterocycles. The lowest BCUT2D eigenvalue weighted by molar-refractivity contribution is -0.132. The third-order valence-corrected chi connectivity index (χ3v) is 5.26. The van der Waals surface area contributed by atoms with Crippen LogP contribution in [0.3, 0.4) is 0 Å². The number of carbonyl (C=O) groups is 2. The predicted octanol–water partition coefficient (Wildman–Crippen LogP) is 3.13. The van der Waals surface area contributed by atoms with E-state index in [1.165, 1.54) is 0 Å². The van der Waals surface area contributed by atoms with Crippen molar-refractivity contribution in [3.05, 3.63) is 72.1 Å². The van der Waals surface area contributed by atoms with Crippen molar-refractivity contribution in [2.75, 3.05) is 13.1 Å². The largest absolute Gasteiger partial charge is 0.349 e. The molecule has 6 nitrogen and oxygen atoms in total. The fourth-order valence-corrected chi connectivity index (χ4v) is 3.60. The number of hydrogen-bond acceptors (Lipinski definition) is 3. The van der Waals surface area contributed by atoms with Crippen LogP contribution < -0.4 is 5.32 Å². The average Bonchev–Trinajstić information content (AvgIpc) is 3.20. The third-order valence-electron chi connectivity index (χ3n) is 5.26. The van der Waals surface area contributed by atoms with Crippen LogP contribution in [0, 0.1) is 5.92 Å². The molecular weight excluding hydrogens is 364 g/mol. The van der Waals surface area contributed by atoms with Crippen molar-refractivity contribution in [3.63, 3.8) is 0 Å². The van der Waals surface area contributed by atoms with Gasteiger partial charge in [-0.05, 0) is 36.6 Å². The molecule has 2 N–H and O–H groups in total. The molecule has 4 rings (SSSR count). The molecule has 2 amide bonds. The minimum absolute atomic E-state index is 0.00464. The van der Waals surface area contributed by atoms with Gasteiger partial charge < -0.3 is 15.2 Å². The molecule has 1 saturated heterocycles. The Hall–Kier alpha value is -3.41. The number of fused-ring (bicyclic) bond motifs is 1. The Labute approximate surface area is 169 Å². The summed E-state index contributed by atoms with van der Waals surface area (Å²) in [4.78, 5) is 34.4. The fraction of sp³-hybridized carbons (Fsp3) is 0.261. The van der Waals surface area contributed by atoms with E-state index in [0.29, 0.717) is 32.5 Å². The third kappa shape index (κ3) is 4.71. The van der Waals surface area contributed by atoms with Crippen LogP contribution in [0.1, 0.15) is 24.2 Å². The molecular formula is C23H24N4O2. The van der Waals surface area contributed by atoms with Gasteiger partial charge in [0.05, 0.1) is 17.6 Å². The average molecular weight is 388 g/mol. The molecule has 0 atom stereocenters. The van der Waals surface area contributed by atoms with Crippen LogP contribution in [0.15, 0.2) is 60.7 Å².